The summed E-state index contributed by atoms with van der Waals surface area (Å²) < 4.78 is 10.5. The molecule has 16 heavy (non-hydrogen) atoms. The van der Waals surface area contributed by atoms with E-state index in [2.05, 4.69) is 12.1 Å². The zero-order valence-corrected chi connectivity index (χ0v) is 9.35. The zero-order chi connectivity index (χ0) is 11.2. The van der Waals surface area contributed by atoms with Gasteiger partial charge < -0.3 is 9.26 Å². The molecule has 0 atom stereocenters. The van der Waals surface area contributed by atoms with E-state index in [4.69, 9.17) is 9.26 Å². The number of unbranched alkanes of at least 4 members (excludes halogenated alkanes) is 1. The Labute approximate surface area is 95.0 Å². The van der Waals surface area contributed by atoms with Crippen molar-refractivity contribution < 1.29 is 9.26 Å². The summed E-state index contributed by atoms with van der Waals surface area (Å²) in [6.07, 6.45) is 2.14. The fraction of sp³-hybridized carbons (Fsp3) is 0.308. The van der Waals surface area contributed by atoms with Gasteiger partial charge in [-0.25, -0.2) is 0 Å². The smallest absolute Gasteiger partial charge is 0.311 e. The van der Waals surface area contributed by atoms with Gasteiger partial charge in [-0.05, 0) is 6.42 Å². The summed E-state index contributed by atoms with van der Waals surface area (Å²) in [6.45, 7) is 2.80. The predicted molar refractivity (Wildman–Crippen MR) is 62.3 cm³/mol. The van der Waals surface area contributed by atoms with Crippen molar-refractivity contribution in [3.8, 4) is 17.2 Å². The van der Waals surface area contributed by atoms with Gasteiger partial charge in [0.2, 0.25) is 0 Å². The molecule has 0 aliphatic carbocycles. The molecule has 0 aliphatic rings. The van der Waals surface area contributed by atoms with Crippen molar-refractivity contribution in [3.63, 3.8) is 0 Å². The molecule has 0 spiro atoms. The van der Waals surface area contributed by atoms with E-state index in [-0.39, 0.29) is 0 Å². The van der Waals surface area contributed by atoms with Gasteiger partial charge in [-0.2, -0.15) is 0 Å². The van der Waals surface area contributed by atoms with E-state index < -0.39 is 0 Å². The highest BCUT2D eigenvalue weighted by Gasteiger charge is 2.06. The van der Waals surface area contributed by atoms with Gasteiger partial charge in [-0.15, -0.1) is 0 Å². The van der Waals surface area contributed by atoms with Crippen molar-refractivity contribution >= 4 is 0 Å². The minimum Gasteiger partial charge on any atom is -0.464 e. The highest BCUT2D eigenvalue weighted by atomic mass is 16.6. The van der Waals surface area contributed by atoms with Crippen molar-refractivity contribution in [2.24, 2.45) is 0 Å². The van der Waals surface area contributed by atoms with Crippen molar-refractivity contribution in [3.05, 3.63) is 36.4 Å². The maximum Gasteiger partial charge on any atom is 0.311 e. The summed E-state index contributed by atoms with van der Waals surface area (Å²) in [7, 11) is 0. The Morgan fingerprint density at radius 3 is 2.81 bits per heavy atom. The van der Waals surface area contributed by atoms with Gasteiger partial charge in [-0.1, -0.05) is 48.8 Å². The zero-order valence-electron chi connectivity index (χ0n) is 9.35. The summed E-state index contributed by atoms with van der Waals surface area (Å²) in [4.78, 5) is 0. The van der Waals surface area contributed by atoms with E-state index in [1.54, 1.807) is 0 Å². The van der Waals surface area contributed by atoms with E-state index in [0.717, 1.165) is 24.1 Å². The van der Waals surface area contributed by atoms with Crippen molar-refractivity contribution in [1.82, 2.24) is 5.16 Å². The molecule has 0 aliphatic heterocycles. The Hall–Kier alpha value is -1.77. The number of aromatic nitrogens is 1. The van der Waals surface area contributed by atoms with Crippen LogP contribution in [0.4, 0.5) is 0 Å². The molecule has 0 amide bonds. The lowest BCUT2D eigenvalue weighted by molar-refractivity contribution is 0.211. The molecule has 0 fully saturated rings. The topological polar surface area (TPSA) is 35.3 Å². The van der Waals surface area contributed by atoms with E-state index in [1.807, 2.05) is 36.4 Å². The third kappa shape index (κ3) is 2.63. The van der Waals surface area contributed by atoms with Gasteiger partial charge in [0.05, 0.1) is 12.7 Å². The van der Waals surface area contributed by atoms with Crippen LogP contribution in [0.1, 0.15) is 19.8 Å². The molecular formula is C13H15NO2. The molecule has 84 valence electrons. The summed E-state index contributed by atoms with van der Waals surface area (Å²) in [6, 6.07) is 11.7. The molecule has 2 rings (SSSR count). The second kappa shape index (κ2) is 5.35. The summed E-state index contributed by atoms with van der Waals surface area (Å²) in [5.74, 6) is 0.493. The molecule has 0 saturated heterocycles. The molecule has 2 aromatic rings. The second-order valence-corrected chi connectivity index (χ2v) is 3.60. The van der Waals surface area contributed by atoms with Gasteiger partial charge in [0.15, 0.2) is 0 Å². The largest absolute Gasteiger partial charge is 0.464 e. The molecule has 1 aromatic carbocycles. The van der Waals surface area contributed by atoms with Gasteiger partial charge >= 0.3 is 5.95 Å². The number of hydrogen-bond donors (Lipinski definition) is 0. The number of benzene rings is 1. The van der Waals surface area contributed by atoms with Crippen LogP contribution >= 0.6 is 0 Å². The lowest BCUT2D eigenvalue weighted by atomic mass is 10.2. The molecule has 0 N–H and O–H groups in total. The average Bonchev–Trinajstić information content (AvgIpc) is 2.79. The van der Waals surface area contributed by atoms with Crippen LogP contribution in [0, 0.1) is 0 Å². The van der Waals surface area contributed by atoms with Crippen LogP contribution in [0.15, 0.2) is 40.9 Å². The molecule has 3 heteroatoms. The highest BCUT2D eigenvalue weighted by Crippen LogP contribution is 2.22. The first-order valence-electron chi connectivity index (χ1n) is 5.55. The quantitative estimate of drug-likeness (QED) is 0.719. The third-order valence-corrected chi connectivity index (χ3v) is 2.30. The van der Waals surface area contributed by atoms with Gasteiger partial charge in [0.25, 0.3) is 0 Å². The van der Waals surface area contributed by atoms with E-state index in [0.29, 0.717) is 12.6 Å². The maximum atomic E-state index is 5.42. The number of rotatable bonds is 5. The predicted octanol–water partition coefficient (Wildman–Crippen LogP) is 3.52. The standard InChI is InChI=1S/C13H15NO2/c1-2-3-9-15-13-10-12(14-16-13)11-7-5-4-6-8-11/h4-8,10H,2-3,9H2,1H3. The van der Waals surface area contributed by atoms with Gasteiger partial charge in [0, 0.05) is 5.56 Å². The normalized spacial score (nSPS) is 10.3. The fourth-order valence-electron chi connectivity index (χ4n) is 1.39. The molecule has 1 heterocycles. The Morgan fingerprint density at radius 2 is 2.06 bits per heavy atom. The molecular weight excluding hydrogens is 202 g/mol. The average molecular weight is 217 g/mol. The first-order chi connectivity index (χ1) is 7.90. The summed E-state index contributed by atoms with van der Waals surface area (Å²) in [5.41, 5.74) is 1.85. The summed E-state index contributed by atoms with van der Waals surface area (Å²) in [5, 5.41) is 3.97. The Bertz CT molecular complexity index is 423. The first kappa shape index (κ1) is 10.7. The van der Waals surface area contributed by atoms with Crippen LogP contribution in [0.3, 0.4) is 0 Å². The van der Waals surface area contributed by atoms with Gasteiger partial charge in [0.1, 0.15) is 5.69 Å². The minimum absolute atomic E-state index is 0.493. The van der Waals surface area contributed by atoms with Crippen LogP contribution in [-0.4, -0.2) is 11.8 Å². The van der Waals surface area contributed by atoms with E-state index in [1.165, 1.54) is 0 Å². The SMILES string of the molecule is CCCCOc1cc(-c2ccccc2)no1. The second-order valence-electron chi connectivity index (χ2n) is 3.60. The van der Waals surface area contributed by atoms with Crippen LogP contribution < -0.4 is 4.74 Å². The number of nitrogens with zero attached hydrogens (tertiary/aromatic N) is 1. The Morgan fingerprint density at radius 1 is 1.25 bits per heavy atom. The lowest BCUT2D eigenvalue weighted by Crippen LogP contribution is -1.94. The van der Waals surface area contributed by atoms with Crippen molar-refractivity contribution in [2.75, 3.05) is 6.61 Å². The van der Waals surface area contributed by atoms with Crippen molar-refractivity contribution in [2.45, 2.75) is 19.8 Å². The maximum absolute atomic E-state index is 5.42. The van der Waals surface area contributed by atoms with E-state index >= 15 is 0 Å². The lowest BCUT2D eigenvalue weighted by Gasteiger charge is -1.97. The highest BCUT2D eigenvalue weighted by molar-refractivity contribution is 5.58. The first-order valence-corrected chi connectivity index (χ1v) is 5.55. The van der Waals surface area contributed by atoms with E-state index in [9.17, 15) is 0 Å². The molecule has 0 radical (unpaired) electrons. The third-order valence-electron chi connectivity index (χ3n) is 2.30. The number of hydrogen-bond acceptors (Lipinski definition) is 3. The monoisotopic (exact) mass is 217 g/mol. The number of ether oxygens (including phenoxy) is 1. The summed E-state index contributed by atoms with van der Waals surface area (Å²) >= 11 is 0. The Balaban J connectivity index is 2.02. The van der Waals surface area contributed by atoms with Crippen LogP contribution in [0.2, 0.25) is 0 Å². The minimum atomic E-state index is 0.493. The van der Waals surface area contributed by atoms with Crippen LogP contribution in [0.25, 0.3) is 11.3 Å². The Kier molecular flexibility index (Phi) is 3.59. The van der Waals surface area contributed by atoms with Gasteiger partial charge in [-0.3, -0.25) is 0 Å². The molecule has 0 bridgehead atoms. The molecule has 0 unspecified atom stereocenters. The molecule has 1 aromatic heterocycles. The molecule has 0 saturated carbocycles. The van der Waals surface area contributed by atoms with Crippen LogP contribution in [0.5, 0.6) is 5.95 Å². The van der Waals surface area contributed by atoms with Crippen molar-refractivity contribution in [1.29, 1.82) is 0 Å². The molecule has 3 nitrogen and oxygen atoms in total. The van der Waals surface area contributed by atoms with Crippen LogP contribution in [-0.2, 0) is 0 Å². The fourth-order valence-corrected chi connectivity index (χ4v) is 1.39.